The van der Waals surface area contributed by atoms with Gasteiger partial charge in [0.1, 0.15) is 29.4 Å². The van der Waals surface area contributed by atoms with Gasteiger partial charge >= 0.3 is 11.9 Å². The zero-order valence-corrected chi connectivity index (χ0v) is 51.5. The van der Waals surface area contributed by atoms with Crippen LogP contribution < -0.4 is 32.7 Å². The minimum Gasteiger partial charge on any atom is -0.481 e. The SMILES string of the molecule is CC(=O)O.CC(C)(C)OC(=O)CN[C@@H](C(=O)N1CCC[C@H]1C(=O)NCc1ccc(C(=N)N)s1)C(c1ccccc1)c1ccccc1.Cl.Cl.N=C(N)c1ccc(CNC(=O)[C@@H]2CCCN2C(=O)[C@H](NCC(=O)O)C(c2ccccc2)c2ccccc2)s1. The summed E-state index contributed by atoms with van der Waals surface area (Å²) in [7, 11) is 0. The van der Waals surface area contributed by atoms with E-state index in [-0.39, 0.29) is 79.7 Å². The number of thiophene rings is 2. The first kappa shape index (κ1) is 70.5. The molecule has 86 heavy (non-hydrogen) atoms. The lowest BCUT2D eigenvalue weighted by Crippen LogP contribution is -2.55. The van der Waals surface area contributed by atoms with Crippen molar-refractivity contribution in [1.29, 1.82) is 10.8 Å². The quantitative estimate of drug-likeness (QED) is 0.0182. The first-order valence-corrected chi connectivity index (χ1v) is 29.1. The number of nitrogens with one attached hydrogen (secondary N) is 6. The number of hydrogen-bond acceptors (Lipinski definition) is 14. The van der Waals surface area contributed by atoms with Crippen molar-refractivity contribution in [2.75, 3.05) is 26.2 Å². The minimum absolute atomic E-state index is 0. The lowest BCUT2D eigenvalue weighted by Gasteiger charge is -2.34. The number of nitrogens with two attached hydrogens (primary N) is 2. The minimum atomic E-state index is -1.07. The summed E-state index contributed by atoms with van der Waals surface area (Å²) in [5.74, 6) is -4.32. The Morgan fingerprint density at radius 1 is 0.570 bits per heavy atom. The highest BCUT2D eigenvalue weighted by atomic mass is 35.5. The third-order valence-corrected chi connectivity index (χ3v) is 15.8. The molecule has 2 aromatic heterocycles. The monoisotopic (exact) mass is 1250 g/mol. The van der Waals surface area contributed by atoms with E-state index in [0.717, 1.165) is 38.9 Å². The van der Waals surface area contributed by atoms with E-state index in [0.29, 0.717) is 48.5 Å². The van der Waals surface area contributed by atoms with E-state index in [2.05, 4.69) is 21.3 Å². The molecule has 2 saturated heterocycles. The van der Waals surface area contributed by atoms with Crippen molar-refractivity contribution in [2.45, 2.75) is 108 Å². The number of nitrogen functional groups attached to an aromatic ring is 2. The Bertz CT molecular complexity index is 3120. The number of nitrogens with zero attached hydrogens (tertiary/aromatic N) is 2. The van der Waals surface area contributed by atoms with Crippen molar-refractivity contribution in [1.82, 2.24) is 31.1 Å². The van der Waals surface area contributed by atoms with Crippen LogP contribution in [0.15, 0.2) is 146 Å². The van der Waals surface area contributed by atoms with Crippen molar-refractivity contribution in [3.8, 4) is 0 Å². The smallest absolute Gasteiger partial charge is 0.320 e. The second-order valence-corrected chi connectivity index (χ2v) is 23.3. The molecule has 2 fully saturated rings. The van der Waals surface area contributed by atoms with Gasteiger partial charge in [-0.15, -0.1) is 47.5 Å². The first-order valence-electron chi connectivity index (χ1n) is 27.4. The van der Waals surface area contributed by atoms with Crippen LogP contribution in [0.2, 0.25) is 0 Å². The molecule has 0 saturated carbocycles. The topological polar surface area (TPSA) is 324 Å². The summed E-state index contributed by atoms with van der Waals surface area (Å²) in [5, 5.41) is 44.0. The van der Waals surface area contributed by atoms with Crippen LogP contribution in [0.3, 0.4) is 0 Å². The van der Waals surface area contributed by atoms with Gasteiger partial charge in [-0.1, -0.05) is 121 Å². The van der Waals surface area contributed by atoms with Crippen LogP contribution in [0.1, 0.15) is 107 Å². The van der Waals surface area contributed by atoms with Crippen LogP contribution in [-0.4, -0.2) is 129 Å². The zero-order valence-electron chi connectivity index (χ0n) is 48.2. The highest BCUT2D eigenvalue weighted by molar-refractivity contribution is 7.14. The second-order valence-electron chi connectivity index (χ2n) is 21.0. The molecular weight excluding hydrogens is 1180 g/mol. The Hall–Kier alpha value is -7.99. The van der Waals surface area contributed by atoms with E-state index in [1.165, 1.54) is 22.7 Å². The summed E-state index contributed by atoms with van der Waals surface area (Å²) >= 11 is 2.69. The Labute approximate surface area is 521 Å². The fraction of sp³-hybridized carbons (Fsp3) is 0.339. The summed E-state index contributed by atoms with van der Waals surface area (Å²) in [6.07, 6.45) is 2.43. The van der Waals surface area contributed by atoms with Gasteiger partial charge in [-0.05, 0) is 93.0 Å². The number of aliphatic carboxylic acids is 2. The Morgan fingerprint density at radius 2 is 0.895 bits per heavy atom. The molecule has 0 radical (unpaired) electrons. The van der Waals surface area contributed by atoms with Crippen molar-refractivity contribution in [3.05, 3.63) is 187 Å². The number of benzene rings is 4. The Morgan fingerprint density at radius 3 is 1.19 bits per heavy atom. The van der Waals surface area contributed by atoms with Gasteiger partial charge in [0.05, 0.1) is 48.0 Å². The number of likely N-dealkylation sites (tertiary alicyclic amines) is 2. The number of halogens is 2. The third-order valence-electron chi connectivity index (χ3n) is 13.6. The molecule has 4 atom stereocenters. The number of esters is 1. The molecule has 0 bridgehead atoms. The van der Waals surface area contributed by atoms with Crippen molar-refractivity contribution in [3.63, 3.8) is 0 Å². The van der Waals surface area contributed by atoms with Crippen molar-refractivity contribution < 1.29 is 48.5 Å². The molecule has 4 aromatic carbocycles. The van der Waals surface area contributed by atoms with Crippen LogP contribution in [0.25, 0.3) is 0 Å². The number of amides is 4. The molecule has 0 unspecified atom stereocenters. The van der Waals surface area contributed by atoms with E-state index >= 15 is 0 Å². The van der Waals surface area contributed by atoms with Crippen LogP contribution in [0, 0.1) is 10.8 Å². The predicted molar refractivity (Wildman–Crippen MR) is 338 cm³/mol. The van der Waals surface area contributed by atoms with Gasteiger partial charge in [0.2, 0.25) is 23.6 Å². The van der Waals surface area contributed by atoms with Crippen LogP contribution in [-0.2, 0) is 51.4 Å². The summed E-state index contributed by atoms with van der Waals surface area (Å²) in [5.41, 5.74) is 14.0. The fourth-order valence-corrected chi connectivity index (χ4v) is 11.7. The molecule has 2 aliphatic heterocycles. The zero-order chi connectivity index (χ0) is 60.9. The van der Waals surface area contributed by atoms with Gasteiger partial charge in [0.15, 0.2) is 0 Å². The van der Waals surface area contributed by atoms with Crippen LogP contribution in [0.5, 0.6) is 0 Å². The maximum atomic E-state index is 14.4. The fourth-order valence-electron chi connectivity index (χ4n) is 10.0. The van der Waals surface area contributed by atoms with Crippen molar-refractivity contribution >= 4 is 101 Å². The number of rotatable bonds is 22. The molecule has 2 aliphatic rings. The van der Waals surface area contributed by atoms with E-state index in [1.807, 2.05) is 133 Å². The number of carbonyl (C=O) groups excluding carboxylic acids is 5. The average Bonchev–Trinajstić information content (AvgIpc) is 2.03. The predicted octanol–water partition coefficient (Wildman–Crippen LogP) is 7.22. The molecular formula is C62H76Cl2N10O10S2. The van der Waals surface area contributed by atoms with Gasteiger partial charge in [0.25, 0.3) is 5.97 Å². The van der Waals surface area contributed by atoms with Crippen LogP contribution in [0.4, 0.5) is 0 Å². The molecule has 8 rings (SSSR count). The molecule has 0 spiro atoms. The Kier molecular flexibility index (Phi) is 28.1. The van der Waals surface area contributed by atoms with Gasteiger partial charge in [-0.3, -0.25) is 55.0 Å². The normalized spacial score (nSPS) is 15.0. The number of carbonyl (C=O) groups is 7. The van der Waals surface area contributed by atoms with E-state index in [1.54, 1.807) is 42.7 Å². The maximum Gasteiger partial charge on any atom is 0.320 e. The first-order chi connectivity index (χ1) is 40.1. The molecule has 4 amide bonds. The number of hydrogen-bond donors (Lipinski definition) is 10. The van der Waals surface area contributed by atoms with E-state index in [9.17, 15) is 33.9 Å². The highest BCUT2D eigenvalue weighted by Gasteiger charge is 2.43. The average molecular weight is 1260 g/mol. The summed E-state index contributed by atoms with van der Waals surface area (Å²) in [4.78, 5) is 94.5. The highest BCUT2D eigenvalue weighted by Crippen LogP contribution is 2.33. The summed E-state index contributed by atoms with van der Waals surface area (Å²) in [6, 6.07) is 42.6. The van der Waals surface area contributed by atoms with Crippen molar-refractivity contribution in [2.24, 2.45) is 11.5 Å². The van der Waals surface area contributed by atoms with Gasteiger partial charge < -0.3 is 46.9 Å². The molecule has 0 aliphatic carbocycles. The summed E-state index contributed by atoms with van der Waals surface area (Å²) < 4.78 is 5.52. The molecule has 12 N–H and O–H groups in total. The molecule has 24 heteroatoms. The second kappa shape index (κ2) is 34.2. The largest absolute Gasteiger partial charge is 0.481 e. The van der Waals surface area contributed by atoms with Crippen LogP contribution >= 0.6 is 47.5 Å². The lowest BCUT2D eigenvalue weighted by atomic mass is 9.84. The standard InChI is InChI=1S/C32H39N5O4S.C28H31N5O4S.C2H4O2.2ClH/c1-32(2,3)41-26(38)20-35-28(27(21-11-6-4-7-12-21)22-13-8-5-9-14-22)31(40)37-18-10-15-24(37)30(39)36-19-23-16-17-25(42-23)29(33)34;29-26(30)22-14-13-20(38-22)16-32-27(36)21-12-7-15-33(21)28(37)25(31-17-23(34)35)24(18-8-3-1-4-9-18)19-10-5-2-6-11-19;1-2(3)4;;/h4-9,11-14,16-17,24,27-28,35H,10,15,18-20H2,1-3H3,(H3,33,34)(H,36,39);1-6,8-11,13-14,21,24-25,31H,7,12,15-17H2,(H3,29,30)(H,32,36)(H,34,35);1H3,(H,3,4);2*1H/t24-,28+;21-,25+;;;/m00.../s1. The number of carboxylic acid groups (broad SMARTS) is 2. The molecule has 6 aromatic rings. The maximum absolute atomic E-state index is 14.4. The number of carboxylic acids is 2. The molecule has 4 heterocycles. The number of amidine groups is 2. The van der Waals surface area contributed by atoms with E-state index < -0.39 is 66.1 Å². The van der Waals surface area contributed by atoms with Gasteiger partial charge in [0, 0.05) is 41.6 Å². The number of ether oxygens (including phenoxy) is 1. The van der Waals surface area contributed by atoms with Gasteiger partial charge in [-0.25, -0.2) is 0 Å². The van der Waals surface area contributed by atoms with Gasteiger partial charge in [-0.2, -0.15) is 0 Å². The lowest BCUT2D eigenvalue weighted by molar-refractivity contribution is -0.154. The summed E-state index contributed by atoms with van der Waals surface area (Å²) in [6.45, 7) is 7.33. The molecule has 20 nitrogen and oxygen atoms in total. The Balaban J connectivity index is 0.000000341. The van der Waals surface area contributed by atoms with E-state index in [4.69, 9.17) is 36.9 Å². The molecule has 460 valence electrons. The third kappa shape index (κ3) is 20.9.